The van der Waals surface area contributed by atoms with Gasteiger partial charge in [0.1, 0.15) is 0 Å². The van der Waals surface area contributed by atoms with Crippen LogP contribution in [0.5, 0.6) is 6.01 Å². The molecule has 3 aromatic rings. The Labute approximate surface area is 186 Å². The van der Waals surface area contributed by atoms with E-state index in [2.05, 4.69) is 25.2 Å². The molecule has 0 unspecified atom stereocenters. The molecule has 1 aliphatic rings. The van der Waals surface area contributed by atoms with Gasteiger partial charge in [0.05, 0.1) is 20.3 Å². The molecule has 2 aromatic heterocycles. The van der Waals surface area contributed by atoms with Crippen molar-refractivity contribution in [2.24, 2.45) is 0 Å². The number of morpholine rings is 1. The fraction of sp³-hybridized carbons (Fsp3) is 0.250. The van der Waals surface area contributed by atoms with E-state index in [-0.39, 0.29) is 5.91 Å². The molecule has 0 radical (unpaired) electrons. The van der Waals surface area contributed by atoms with Crippen molar-refractivity contribution in [3.63, 3.8) is 0 Å². The van der Waals surface area contributed by atoms with Crippen LogP contribution in [0.1, 0.15) is 11.1 Å². The van der Waals surface area contributed by atoms with Gasteiger partial charge in [0.2, 0.25) is 5.91 Å². The van der Waals surface area contributed by atoms with E-state index in [4.69, 9.17) is 9.47 Å². The van der Waals surface area contributed by atoms with Gasteiger partial charge < -0.3 is 14.8 Å². The summed E-state index contributed by atoms with van der Waals surface area (Å²) >= 11 is 0. The number of nitrogens with one attached hydrogen (secondary N) is 1. The zero-order valence-electron chi connectivity index (χ0n) is 17.9. The van der Waals surface area contributed by atoms with Crippen molar-refractivity contribution in [3.8, 4) is 17.1 Å². The van der Waals surface area contributed by atoms with Gasteiger partial charge in [0.15, 0.2) is 0 Å². The van der Waals surface area contributed by atoms with E-state index in [1.54, 1.807) is 30.9 Å². The summed E-state index contributed by atoms with van der Waals surface area (Å²) in [4.78, 5) is 27.2. The Balaban J connectivity index is 1.38. The van der Waals surface area contributed by atoms with Crippen LogP contribution < -0.4 is 10.1 Å². The first-order valence-electron chi connectivity index (χ1n) is 10.4. The zero-order chi connectivity index (χ0) is 22.2. The van der Waals surface area contributed by atoms with Crippen molar-refractivity contribution in [2.75, 3.05) is 38.7 Å². The molecule has 3 heterocycles. The lowest BCUT2D eigenvalue weighted by molar-refractivity contribution is -0.111. The number of rotatable bonds is 7. The van der Waals surface area contributed by atoms with Crippen LogP contribution in [-0.2, 0) is 16.1 Å². The van der Waals surface area contributed by atoms with Crippen molar-refractivity contribution in [1.82, 2.24) is 19.9 Å². The van der Waals surface area contributed by atoms with Gasteiger partial charge in [-0.05, 0) is 35.4 Å². The average Bonchev–Trinajstić information content (AvgIpc) is 2.85. The number of hydrogen-bond acceptors (Lipinski definition) is 7. The van der Waals surface area contributed by atoms with Gasteiger partial charge in [-0.1, -0.05) is 12.1 Å². The van der Waals surface area contributed by atoms with E-state index in [0.29, 0.717) is 6.01 Å². The number of pyridine rings is 1. The third-order valence-electron chi connectivity index (χ3n) is 5.12. The molecule has 0 spiro atoms. The van der Waals surface area contributed by atoms with E-state index < -0.39 is 0 Å². The quantitative estimate of drug-likeness (QED) is 0.575. The first-order valence-corrected chi connectivity index (χ1v) is 10.4. The topological polar surface area (TPSA) is 89.5 Å². The van der Waals surface area contributed by atoms with Crippen LogP contribution >= 0.6 is 0 Å². The van der Waals surface area contributed by atoms with Crippen LogP contribution in [0.2, 0.25) is 0 Å². The average molecular weight is 431 g/mol. The first kappa shape index (κ1) is 21.6. The number of benzene rings is 1. The molecule has 1 saturated heterocycles. The molecule has 164 valence electrons. The van der Waals surface area contributed by atoms with Crippen LogP contribution in [0.4, 0.5) is 5.69 Å². The summed E-state index contributed by atoms with van der Waals surface area (Å²) in [6, 6.07) is 10.1. The van der Waals surface area contributed by atoms with Crippen LogP contribution in [0, 0.1) is 0 Å². The van der Waals surface area contributed by atoms with Crippen LogP contribution in [0.15, 0.2) is 61.2 Å². The molecule has 1 N–H and O–H groups in total. The van der Waals surface area contributed by atoms with Gasteiger partial charge in [-0.3, -0.25) is 14.7 Å². The lowest BCUT2D eigenvalue weighted by atomic mass is 10.0. The number of carbonyl (C=O) groups excluding carboxylic acids is 1. The Kier molecular flexibility index (Phi) is 7.16. The zero-order valence-corrected chi connectivity index (χ0v) is 17.9. The van der Waals surface area contributed by atoms with Gasteiger partial charge in [-0.15, -0.1) is 0 Å². The highest BCUT2D eigenvalue weighted by Crippen LogP contribution is 2.23. The van der Waals surface area contributed by atoms with Crippen LogP contribution in [0.3, 0.4) is 0 Å². The molecule has 0 atom stereocenters. The molecule has 8 heteroatoms. The number of anilines is 1. The number of aromatic nitrogens is 3. The molecule has 1 aliphatic heterocycles. The number of hydrogen-bond donors (Lipinski definition) is 1. The smallest absolute Gasteiger partial charge is 0.316 e. The maximum atomic E-state index is 12.4. The van der Waals surface area contributed by atoms with Gasteiger partial charge in [-0.25, -0.2) is 9.97 Å². The summed E-state index contributed by atoms with van der Waals surface area (Å²) < 4.78 is 10.4. The number of amides is 1. The van der Waals surface area contributed by atoms with Gasteiger partial charge >= 0.3 is 6.01 Å². The highest BCUT2D eigenvalue weighted by molar-refractivity contribution is 6.02. The largest absolute Gasteiger partial charge is 0.467 e. The third kappa shape index (κ3) is 5.75. The molecule has 0 saturated carbocycles. The molecule has 1 aromatic carbocycles. The Morgan fingerprint density at radius 3 is 2.59 bits per heavy atom. The Morgan fingerprint density at radius 1 is 1.12 bits per heavy atom. The predicted molar refractivity (Wildman–Crippen MR) is 122 cm³/mol. The van der Waals surface area contributed by atoms with Crippen molar-refractivity contribution < 1.29 is 14.3 Å². The second kappa shape index (κ2) is 10.6. The molecule has 0 aliphatic carbocycles. The fourth-order valence-corrected chi connectivity index (χ4v) is 3.42. The molecule has 8 nitrogen and oxygen atoms in total. The second-order valence-electron chi connectivity index (χ2n) is 7.33. The normalized spacial score (nSPS) is 14.4. The van der Waals surface area contributed by atoms with E-state index in [1.807, 2.05) is 30.3 Å². The summed E-state index contributed by atoms with van der Waals surface area (Å²) in [5.41, 5.74) is 4.43. The molecule has 4 rings (SSSR count). The van der Waals surface area contributed by atoms with E-state index in [0.717, 1.165) is 55.2 Å². The summed E-state index contributed by atoms with van der Waals surface area (Å²) in [6.07, 6.45) is 9.97. The number of ether oxygens (including phenoxy) is 2. The summed E-state index contributed by atoms with van der Waals surface area (Å²) in [5.74, 6) is -0.216. The maximum absolute atomic E-state index is 12.4. The maximum Gasteiger partial charge on any atom is 0.316 e. The summed E-state index contributed by atoms with van der Waals surface area (Å²) in [7, 11) is 1.52. The minimum Gasteiger partial charge on any atom is -0.467 e. The van der Waals surface area contributed by atoms with Crippen molar-refractivity contribution in [2.45, 2.75) is 6.54 Å². The molecule has 1 amide bonds. The minimum atomic E-state index is -0.216. The van der Waals surface area contributed by atoms with Gasteiger partial charge in [-0.2, -0.15) is 0 Å². The lowest BCUT2D eigenvalue weighted by Crippen LogP contribution is -2.35. The molecule has 32 heavy (non-hydrogen) atoms. The minimum absolute atomic E-state index is 0.216. The van der Waals surface area contributed by atoms with E-state index in [1.165, 1.54) is 18.7 Å². The first-order chi connectivity index (χ1) is 15.7. The highest BCUT2D eigenvalue weighted by atomic mass is 16.5. The Morgan fingerprint density at radius 2 is 1.88 bits per heavy atom. The van der Waals surface area contributed by atoms with Crippen molar-refractivity contribution in [1.29, 1.82) is 0 Å². The summed E-state index contributed by atoms with van der Waals surface area (Å²) in [5, 5.41) is 2.90. The summed E-state index contributed by atoms with van der Waals surface area (Å²) in [6.45, 7) is 4.34. The monoisotopic (exact) mass is 431 g/mol. The lowest BCUT2D eigenvalue weighted by Gasteiger charge is -2.26. The van der Waals surface area contributed by atoms with Crippen molar-refractivity contribution in [3.05, 3.63) is 72.3 Å². The number of carbonyl (C=O) groups is 1. The van der Waals surface area contributed by atoms with Crippen LogP contribution in [0.25, 0.3) is 17.2 Å². The van der Waals surface area contributed by atoms with Gasteiger partial charge in [0.25, 0.3) is 0 Å². The SMILES string of the molecule is COc1ncc(-c2ccncc2C=CC(=O)Nc2ccc(CN3CCOCC3)cc2)cn1. The standard InChI is InChI=1S/C24H25N5O3/c1-31-24-26-15-20(16-27-24)22-8-9-25-14-19(22)4-7-23(30)28-21-5-2-18(3-6-21)17-29-10-12-32-13-11-29/h2-9,14-16H,10-13,17H2,1H3,(H,28,30). The van der Waals surface area contributed by atoms with E-state index in [9.17, 15) is 4.79 Å². The fourth-order valence-electron chi connectivity index (χ4n) is 3.42. The molecule has 0 bridgehead atoms. The predicted octanol–water partition coefficient (Wildman–Crippen LogP) is 3.03. The van der Waals surface area contributed by atoms with E-state index >= 15 is 0 Å². The third-order valence-corrected chi connectivity index (χ3v) is 5.12. The number of nitrogens with zero attached hydrogens (tertiary/aromatic N) is 4. The Hall–Kier alpha value is -3.62. The second-order valence-corrected chi connectivity index (χ2v) is 7.33. The van der Waals surface area contributed by atoms with Gasteiger partial charge in [0, 0.05) is 67.3 Å². The van der Waals surface area contributed by atoms with Crippen molar-refractivity contribution >= 4 is 17.7 Å². The molecular weight excluding hydrogens is 406 g/mol. The molecule has 1 fully saturated rings. The highest BCUT2D eigenvalue weighted by Gasteiger charge is 2.11. The Bertz CT molecular complexity index is 1060. The van der Waals surface area contributed by atoms with Crippen LogP contribution in [-0.4, -0.2) is 59.2 Å². The number of methoxy groups -OCH3 is 1. The molecular formula is C24H25N5O3.